The van der Waals surface area contributed by atoms with Gasteiger partial charge in [0.05, 0.1) is 4.99 Å². The lowest BCUT2D eigenvalue weighted by atomic mass is 10.4. The largest absolute Gasteiger partial charge is 0.360 e. The summed E-state index contributed by atoms with van der Waals surface area (Å²) in [6.45, 7) is 0.666. The topological polar surface area (TPSA) is 24.4 Å². The van der Waals surface area contributed by atoms with Crippen LogP contribution in [0.2, 0.25) is 0 Å². The third kappa shape index (κ3) is 1.23. The van der Waals surface area contributed by atoms with Gasteiger partial charge in [-0.25, -0.2) is 0 Å². The summed E-state index contributed by atoms with van der Waals surface area (Å²) in [7, 11) is 0. The summed E-state index contributed by atoms with van der Waals surface area (Å²) in [5, 5.41) is 2.92. The Morgan fingerprint density at radius 2 is 2.71 bits per heavy atom. The quantitative estimate of drug-likeness (QED) is 0.459. The highest BCUT2D eigenvalue weighted by Gasteiger charge is 1.93. The van der Waals surface area contributed by atoms with Gasteiger partial charge in [-0.2, -0.15) is 0 Å². The summed E-state index contributed by atoms with van der Waals surface area (Å²) < 4.78 is 0. The predicted octanol–water partition coefficient (Wildman–Crippen LogP) is 0.335. The minimum atomic E-state index is 0.666. The van der Waals surface area contributed by atoms with Crippen LogP contribution in [0.5, 0.6) is 0 Å². The molecule has 2 nitrogen and oxygen atoms in total. The van der Waals surface area contributed by atoms with E-state index in [1.807, 2.05) is 6.21 Å². The fourth-order valence-corrected chi connectivity index (χ4v) is 0.557. The van der Waals surface area contributed by atoms with Crippen molar-refractivity contribution >= 4 is 23.4 Å². The minimum absolute atomic E-state index is 0.666. The molecule has 0 saturated carbocycles. The van der Waals surface area contributed by atoms with Gasteiger partial charge in [-0.15, -0.1) is 0 Å². The maximum atomic E-state index is 4.80. The molecule has 0 aromatic rings. The van der Waals surface area contributed by atoms with E-state index >= 15 is 0 Å². The average Bonchev–Trinajstić information content (AvgIpc) is 1.69. The van der Waals surface area contributed by atoms with Gasteiger partial charge in [-0.05, 0) is 0 Å². The molecule has 1 rings (SSSR count). The van der Waals surface area contributed by atoms with E-state index in [1.165, 1.54) is 0 Å². The zero-order valence-electron chi connectivity index (χ0n) is 3.85. The van der Waals surface area contributed by atoms with E-state index in [0.29, 0.717) is 6.67 Å². The predicted molar refractivity (Wildman–Crippen MR) is 33.7 cm³/mol. The molecule has 1 aliphatic rings. The second kappa shape index (κ2) is 2.02. The first-order valence-electron chi connectivity index (χ1n) is 2.14. The third-order valence-corrected chi connectivity index (χ3v) is 1.08. The molecule has 0 aliphatic carbocycles. The molecule has 38 valence electrons. The fraction of sp³-hybridized carbons (Fsp3) is 0.500. The van der Waals surface area contributed by atoms with Gasteiger partial charge in [0.15, 0.2) is 0 Å². The first-order chi connectivity index (χ1) is 3.39. The van der Waals surface area contributed by atoms with Crippen LogP contribution < -0.4 is 5.32 Å². The Hall–Kier alpha value is -0.440. The minimum Gasteiger partial charge on any atom is -0.360 e. The van der Waals surface area contributed by atoms with E-state index in [9.17, 15) is 0 Å². The molecular weight excluding hydrogens is 108 g/mol. The highest BCUT2D eigenvalue weighted by Crippen LogP contribution is 1.84. The maximum Gasteiger partial charge on any atom is 0.107 e. The van der Waals surface area contributed by atoms with Gasteiger partial charge in [-0.1, -0.05) is 12.2 Å². The van der Waals surface area contributed by atoms with Crippen molar-refractivity contribution in [2.45, 2.75) is 6.42 Å². The lowest BCUT2D eigenvalue weighted by molar-refractivity contribution is 0.913. The van der Waals surface area contributed by atoms with Crippen LogP contribution in [0.25, 0.3) is 0 Å². The van der Waals surface area contributed by atoms with Gasteiger partial charge >= 0.3 is 0 Å². The summed E-state index contributed by atoms with van der Waals surface area (Å²) in [6.07, 6.45) is 2.65. The second-order valence-electron chi connectivity index (χ2n) is 1.33. The molecule has 0 amide bonds. The molecule has 1 N–H and O–H groups in total. The van der Waals surface area contributed by atoms with Crippen molar-refractivity contribution in [2.75, 3.05) is 6.67 Å². The Morgan fingerprint density at radius 3 is 3.00 bits per heavy atom. The summed E-state index contributed by atoms with van der Waals surface area (Å²) in [6, 6.07) is 0. The summed E-state index contributed by atoms with van der Waals surface area (Å²) in [5.41, 5.74) is 0. The SMILES string of the molecule is S=C1CC=NCN1. The van der Waals surface area contributed by atoms with E-state index in [1.54, 1.807) is 0 Å². The summed E-state index contributed by atoms with van der Waals surface area (Å²) >= 11 is 4.80. The molecule has 0 spiro atoms. The van der Waals surface area contributed by atoms with Crippen molar-refractivity contribution in [1.29, 1.82) is 0 Å². The molecule has 1 heterocycles. The second-order valence-corrected chi connectivity index (χ2v) is 1.82. The fourth-order valence-electron chi connectivity index (χ4n) is 0.418. The van der Waals surface area contributed by atoms with Gasteiger partial charge in [0.1, 0.15) is 6.67 Å². The first kappa shape index (κ1) is 4.71. The number of rotatable bonds is 0. The lowest BCUT2D eigenvalue weighted by Crippen LogP contribution is -2.25. The van der Waals surface area contributed by atoms with Gasteiger partial charge in [0.25, 0.3) is 0 Å². The number of nitrogens with zero attached hydrogens (tertiary/aromatic N) is 1. The number of hydrogen-bond donors (Lipinski definition) is 1. The third-order valence-electron chi connectivity index (χ3n) is 0.773. The highest BCUT2D eigenvalue weighted by molar-refractivity contribution is 7.80. The molecule has 7 heavy (non-hydrogen) atoms. The molecule has 0 aromatic heterocycles. The van der Waals surface area contributed by atoms with Crippen molar-refractivity contribution in [2.24, 2.45) is 4.99 Å². The Bertz CT molecular complexity index is 108. The normalized spacial score (nSPS) is 19.1. The van der Waals surface area contributed by atoms with Crippen LogP contribution in [0.4, 0.5) is 0 Å². The lowest BCUT2D eigenvalue weighted by Gasteiger charge is -2.05. The monoisotopic (exact) mass is 114 g/mol. The Morgan fingerprint density at radius 1 is 1.86 bits per heavy atom. The number of hydrogen-bond acceptors (Lipinski definition) is 2. The number of aliphatic imine (C=N–C) groups is 1. The van der Waals surface area contributed by atoms with E-state index < -0.39 is 0 Å². The van der Waals surface area contributed by atoms with Crippen molar-refractivity contribution < 1.29 is 0 Å². The smallest absolute Gasteiger partial charge is 0.107 e. The molecule has 0 aromatic carbocycles. The van der Waals surface area contributed by atoms with Crippen molar-refractivity contribution in [3.63, 3.8) is 0 Å². The van der Waals surface area contributed by atoms with Crippen LogP contribution in [0.3, 0.4) is 0 Å². The Balaban J connectivity index is 2.47. The zero-order chi connectivity index (χ0) is 5.11. The van der Waals surface area contributed by atoms with Crippen LogP contribution in [0.15, 0.2) is 4.99 Å². The Labute approximate surface area is 47.6 Å². The van der Waals surface area contributed by atoms with E-state index in [4.69, 9.17) is 12.2 Å². The van der Waals surface area contributed by atoms with Crippen LogP contribution in [0.1, 0.15) is 6.42 Å². The van der Waals surface area contributed by atoms with Crippen molar-refractivity contribution in [1.82, 2.24) is 5.32 Å². The van der Waals surface area contributed by atoms with Gasteiger partial charge in [-0.3, -0.25) is 4.99 Å². The molecule has 0 saturated heterocycles. The Kier molecular flexibility index (Phi) is 1.36. The first-order valence-corrected chi connectivity index (χ1v) is 2.55. The number of nitrogens with one attached hydrogen (secondary N) is 1. The van der Waals surface area contributed by atoms with E-state index in [2.05, 4.69) is 10.3 Å². The van der Waals surface area contributed by atoms with E-state index in [-0.39, 0.29) is 0 Å². The van der Waals surface area contributed by atoms with E-state index in [0.717, 1.165) is 11.4 Å². The van der Waals surface area contributed by atoms with Gasteiger partial charge in [0.2, 0.25) is 0 Å². The summed E-state index contributed by atoms with van der Waals surface area (Å²) in [5.74, 6) is 0. The van der Waals surface area contributed by atoms with Crippen LogP contribution in [-0.2, 0) is 0 Å². The van der Waals surface area contributed by atoms with Gasteiger partial charge < -0.3 is 5.32 Å². The molecular formula is C4H6N2S. The molecule has 1 aliphatic heterocycles. The van der Waals surface area contributed by atoms with Gasteiger partial charge in [0, 0.05) is 12.6 Å². The molecule has 3 heteroatoms. The average molecular weight is 114 g/mol. The number of thiocarbonyl (C=S) groups is 1. The maximum absolute atomic E-state index is 4.80. The molecule has 0 atom stereocenters. The highest BCUT2D eigenvalue weighted by atomic mass is 32.1. The van der Waals surface area contributed by atoms with Crippen molar-refractivity contribution in [3.8, 4) is 0 Å². The van der Waals surface area contributed by atoms with Crippen LogP contribution in [-0.4, -0.2) is 17.9 Å². The molecule has 0 bridgehead atoms. The zero-order valence-corrected chi connectivity index (χ0v) is 4.66. The van der Waals surface area contributed by atoms with Crippen LogP contribution >= 0.6 is 12.2 Å². The molecule has 0 radical (unpaired) electrons. The molecule has 0 fully saturated rings. The summed E-state index contributed by atoms with van der Waals surface area (Å²) in [4.78, 5) is 4.80. The van der Waals surface area contributed by atoms with Crippen molar-refractivity contribution in [3.05, 3.63) is 0 Å². The standard InChI is InChI=1S/C4H6N2S/c7-4-1-2-5-3-6-4/h2H,1,3H2,(H,6,7). The molecule has 0 unspecified atom stereocenters. The van der Waals surface area contributed by atoms with Crippen LogP contribution in [0, 0.1) is 0 Å².